The van der Waals surface area contributed by atoms with Crippen LogP contribution in [-0.4, -0.2) is 68.8 Å². The summed E-state index contributed by atoms with van der Waals surface area (Å²) in [5.41, 5.74) is -0.00219. The highest BCUT2D eigenvalue weighted by molar-refractivity contribution is 5.96. The molecule has 0 spiro atoms. The number of aliphatic carboxylic acids is 2. The standard InChI is InChI=1S/C34H36F3N3O9/c1-2-3-4-15-38-29(41)27(18-21-11-13-26(14-12-21)49-28(31(44)45)32(46)47)39-33(48)40(19-22-7-5-9-24(16-22)30(42)43)20-23-8-6-10-25(17-23)34(35,36)37/h5-14,16-17,27-28H,2-4,15,18-20H2,1H3,(H,38,41)(H,39,48)(H,42,43)(H,44,45)(H,46,47)/t27-/m0/s1. The molecule has 262 valence electrons. The Kier molecular flexibility index (Phi) is 13.5. The van der Waals surface area contributed by atoms with Gasteiger partial charge in [0, 0.05) is 26.1 Å². The van der Waals surface area contributed by atoms with E-state index in [0.29, 0.717) is 24.1 Å². The second kappa shape index (κ2) is 17.5. The van der Waals surface area contributed by atoms with Crippen molar-refractivity contribution in [3.05, 3.63) is 101 Å². The predicted octanol–water partition coefficient (Wildman–Crippen LogP) is 4.95. The van der Waals surface area contributed by atoms with Gasteiger partial charge in [-0.3, -0.25) is 4.79 Å². The van der Waals surface area contributed by atoms with Crippen LogP contribution in [0.4, 0.5) is 18.0 Å². The largest absolute Gasteiger partial charge is 0.478 e. The molecule has 0 saturated carbocycles. The topological polar surface area (TPSA) is 183 Å². The number of alkyl halides is 3. The third-order valence-corrected chi connectivity index (χ3v) is 7.22. The van der Waals surface area contributed by atoms with Gasteiger partial charge in [-0.15, -0.1) is 0 Å². The number of carbonyl (C=O) groups excluding carboxylic acids is 2. The summed E-state index contributed by atoms with van der Waals surface area (Å²) in [5.74, 6) is -5.24. The second-order valence-electron chi connectivity index (χ2n) is 11.1. The molecule has 3 aromatic rings. The van der Waals surface area contributed by atoms with Crippen molar-refractivity contribution in [3.8, 4) is 5.75 Å². The minimum atomic E-state index is -4.64. The number of urea groups is 1. The first-order valence-corrected chi connectivity index (χ1v) is 15.2. The van der Waals surface area contributed by atoms with Crippen molar-refractivity contribution in [2.45, 2.75) is 64.0 Å². The molecule has 1 atom stereocenters. The van der Waals surface area contributed by atoms with Crippen LogP contribution >= 0.6 is 0 Å². The number of unbranched alkanes of at least 4 members (excludes halogenated alkanes) is 2. The number of benzene rings is 3. The first-order valence-electron chi connectivity index (χ1n) is 15.2. The molecule has 3 aromatic carbocycles. The van der Waals surface area contributed by atoms with Gasteiger partial charge in [0.2, 0.25) is 5.91 Å². The van der Waals surface area contributed by atoms with Gasteiger partial charge in [0.25, 0.3) is 6.10 Å². The smallest absolute Gasteiger partial charge is 0.416 e. The zero-order chi connectivity index (χ0) is 36.1. The average molecular weight is 688 g/mol. The van der Waals surface area contributed by atoms with E-state index in [2.05, 4.69) is 10.6 Å². The van der Waals surface area contributed by atoms with Gasteiger partial charge in [0.1, 0.15) is 11.8 Å². The summed E-state index contributed by atoms with van der Waals surface area (Å²) in [6.07, 6.45) is -4.47. The van der Waals surface area contributed by atoms with Crippen LogP contribution in [0.3, 0.4) is 0 Å². The third-order valence-electron chi connectivity index (χ3n) is 7.22. The Hall–Kier alpha value is -5.60. The van der Waals surface area contributed by atoms with Crippen LogP contribution in [0.1, 0.15) is 58.8 Å². The fourth-order valence-electron chi connectivity index (χ4n) is 4.73. The Labute approximate surface area is 279 Å². The van der Waals surface area contributed by atoms with E-state index in [1.165, 1.54) is 54.6 Å². The SMILES string of the molecule is CCCCCNC(=O)[C@H](Cc1ccc(OC(C(=O)O)C(=O)O)cc1)NC(=O)N(Cc1cccc(C(=O)O)c1)Cc1cccc(C(F)(F)F)c1. The van der Waals surface area contributed by atoms with Gasteiger partial charge in [-0.25, -0.2) is 19.2 Å². The van der Waals surface area contributed by atoms with Crippen LogP contribution in [0.2, 0.25) is 0 Å². The number of hydrogen-bond donors (Lipinski definition) is 5. The molecule has 5 N–H and O–H groups in total. The summed E-state index contributed by atoms with van der Waals surface area (Å²) in [6.45, 7) is 1.76. The normalized spacial score (nSPS) is 11.8. The molecular formula is C34H36F3N3O9. The zero-order valence-corrected chi connectivity index (χ0v) is 26.4. The van der Waals surface area contributed by atoms with Crippen LogP contribution in [0.15, 0.2) is 72.8 Å². The lowest BCUT2D eigenvalue weighted by atomic mass is 10.0. The minimum absolute atomic E-state index is 0.0632. The number of rotatable bonds is 17. The van der Waals surface area contributed by atoms with E-state index in [-0.39, 0.29) is 36.4 Å². The van der Waals surface area contributed by atoms with E-state index >= 15 is 0 Å². The summed E-state index contributed by atoms with van der Waals surface area (Å²) in [5, 5.41) is 33.0. The van der Waals surface area contributed by atoms with Crippen LogP contribution in [-0.2, 0) is 40.1 Å². The number of amides is 3. The molecule has 0 aromatic heterocycles. The lowest BCUT2D eigenvalue weighted by Gasteiger charge is -2.27. The van der Waals surface area contributed by atoms with E-state index in [4.69, 9.17) is 14.9 Å². The summed E-state index contributed by atoms with van der Waals surface area (Å²) in [4.78, 5) is 62.2. The molecule has 0 radical (unpaired) electrons. The summed E-state index contributed by atoms with van der Waals surface area (Å²) >= 11 is 0. The van der Waals surface area contributed by atoms with Crippen molar-refractivity contribution in [2.24, 2.45) is 0 Å². The highest BCUT2D eigenvalue weighted by Crippen LogP contribution is 2.30. The van der Waals surface area contributed by atoms with Gasteiger partial charge in [-0.1, -0.05) is 56.2 Å². The number of carbonyl (C=O) groups is 5. The molecule has 0 heterocycles. The van der Waals surface area contributed by atoms with Gasteiger partial charge >= 0.3 is 30.1 Å². The lowest BCUT2D eigenvalue weighted by molar-refractivity contribution is -0.159. The minimum Gasteiger partial charge on any atom is -0.478 e. The number of carboxylic acids is 3. The van der Waals surface area contributed by atoms with Crippen LogP contribution in [0, 0.1) is 0 Å². The van der Waals surface area contributed by atoms with E-state index in [0.717, 1.165) is 29.9 Å². The van der Waals surface area contributed by atoms with Gasteiger partial charge in [-0.2, -0.15) is 13.2 Å². The van der Waals surface area contributed by atoms with Gasteiger partial charge < -0.3 is 35.6 Å². The molecule has 0 unspecified atom stereocenters. The van der Waals surface area contributed by atoms with Crippen molar-refractivity contribution in [2.75, 3.05) is 6.54 Å². The number of ether oxygens (including phenoxy) is 1. The molecule has 3 rings (SSSR count). The highest BCUT2D eigenvalue weighted by atomic mass is 19.4. The molecule has 0 bridgehead atoms. The molecule has 49 heavy (non-hydrogen) atoms. The van der Waals surface area contributed by atoms with Crippen molar-refractivity contribution in [3.63, 3.8) is 0 Å². The predicted molar refractivity (Wildman–Crippen MR) is 169 cm³/mol. The van der Waals surface area contributed by atoms with Crippen LogP contribution < -0.4 is 15.4 Å². The molecule has 0 saturated heterocycles. The molecule has 0 aliphatic rings. The van der Waals surface area contributed by atoms with Crippen LogP contribution in [0.25, 0.3) is 0 Å². The molecule has 0 aliphatic heterocycles. The molecule has 15 heteroatoms. The van der Waals surface area contributed by atoms with Crippen molar-refractivity contribution in [1.29, 1.82) is 0 Å². The summed E-state index contributed by atoms with van der Waals surface area (Å²) < 4.78 is 45.4. The number of nitrogens with zero attached hydrogens (tertiary/aromatic N) is 1. The number of halogens is 3. The third kappa shape index (κ3) is 11.9. The Morgan fingerprint density at radius 2 is 1.43 bits per heavy atom. The fourth-order valence-corrected chi connectivity index (χ4v) is 4.73. The second-order valence-corrected chi connectivity index (χ2v) is 11.1. The van der Waals surface area contributed by atoms with Crippen LogP contribution in [0.5, 0.6) is 5.75 Å². The van der Waals surface area contributed by atoms with Gasteiger partial charge in [0.05, 0.1) is 11.1 Å². The number of aromatic carboxylic acids is 1. The first-order chi connectivity index (χ1) is 23.2. The molecule has 0 aliphatic carbocycles. The maximum Gasteiger partial charge on any atom is 0.416 e. The maximum atomic E-state index is 13.8. The number of carboxylic acid groups (broad SMARTS) is 3. The first kappa shape index (κ1) is 37.9. The van der Waals surface area contributed by atoms with Crippen molar-refractivity contribution < 1.29 is 57.2 Å². The maximum absolute atomic E-state index is 13.8. The highest BCUT2D eigenvalue weighted by Gasteiger charge is 2.31. The summed E-state index contributed by atoms with van der Waals surface area (Å²) in [7, 11) is 0. The van der Waals surface area contributed by atoms with Gasteiger partial charge in [-0.05, 0) is 59.5 Å². The van der Waals surface area contributed by atoms with E-state index < -0.39 is 53.7 Å². The molecular weight excluding hydrogens is 651 g/mol. The molecule has 3 amide bonds. The number of nitrogens with one attached hydrogen (secondary N) is 2. The fraction of sp³-hybridized carbons (Fsp3) is 0.324. The Morgan fingerprint density at radius 3 is 2.00 bits per heavy atom. The quantitative estimate of drug-likeness (QED) is 0.0969. The average Bonchev–Trinajstić information content (AvgIpc) is 3.05. The van der Waals surface area contributed by atoms with E-state index in [1.54, 1.807) is 6.07 Å². The summed E-state index contributed by atoms with van der Waals surface area (Å²) in [6, 6.07) is 13.6. The Morgan fingerprint density at radius 1 is 0.816 bits per heavy atom. The number of hydrogen-bond acceptors (Lipinski definition) is 6. The zero-order valence-electron chi connectivity index (χ0n) is 26.4. The molecule has 12 nitrogen and oxygen atoms in total. The lowest BCUT2D eigenvalue weighted by Crippen LogP contribution is -2.52. The monoisotopic (exact) mass is 687 g/mol. The Balaban J connectivity index is 1.90. The molecule has 0 fully saturated rings. The van der Waals surface area contributed by atoms with Gasteiger partial charge in [0.15, 0.2) is 0 Å². The van der Waals surface area contributed by atoms with E-state index in [1.807, 2.05) is 6.92 Å². The van der Waals surface area contributed by atoms with E-state index in [9.17, 15) is 42.3 Å². The van der Waals surface area contributed by atoms with Crippen molar-refractivity contribution >= 4 is 29.8 Å². The van der Waals surface area contributed by atoms with Crippen molar-refractivity contribution in [1.82, 2.24) is 15.5 Å². The Bertz CT molecular complexity index is 1620.